The van der Waals surface area contributed by atoms with Crippen molar-refractivity contribution in [3.8, 4) is 5.75 Å². The number of nitrogens with zero attached hydrogens (tertiary/aromatic N) is 1. The number of nitrogens with two attached hydrogens (primary N) is 1. The number of nitro benzene ring substituents is 1. The lowest BCUT2D eigenvalue weighted by atomic mass is 10.2. The van der Waals surface area contributed by atoms with Crippen molar-refractivity contribution in [3.63, 3.8) is 0 Å². The Morgan fingerprint density at radius 2 is 2.24 bits per heavy atom. The number of non-ortho nitro benzene ring substituents is 1. The lowest BCUT2D eigenvalue weighted by molar-refractivity contribution is -0.385. The molecule has 0 aliphatic rings. The minimum absolute atomic E-state index is 0.0562. The smallest absolute Gasteiger partial charge is 0.273 e. The van der Waals surface area contributed by atoms with Crippen molar-refractivity contribution in [3.05, 3.63) is 33.9 Å². The first-order valence-corrected chi connectivity index (χ1v) is 6.34. The van der Waals surface area contributed by atoms with Crippen molar-refractivity contribution in [2.75, 3.05) is 12.9 Å². The first-order chi connectivity index (χ1) is 8.02. The molecule has 1 unspecified atom stereocenters. The van der Waals surface area contributed by atoms with Crippen LogP contribution in [0.1, 0.15) is 12.5 Å². The maximum atomic E-state index is 10.7. The highest BCUT2D eigenvalue weighted by Crippen LogP contribution is 2.25. The molecule has 0 heterocycles. The van der Waals surface area contributed by atoms with Crippen molar-refractivity contribution in [2.24, 2.45) is 5.73 Å². The van der Waals surface area contributed by atoms with E-state index in [1.165, 1.54) is 13.2 Å². The molecule has 1 aromatic carbocycles. The summed E-state index contributed by atoms with van der Waals surface area (Å²) in [6.07, 6.45) is 0. The maximum Gasteiger partial charge on any atom is 0.273 e. The average molecular weight is 256 g/mol. The van der Waals surface area contributed by atoms with E-state index in [9.17, 15) is 10.1 Å². The number of thioether (sulfide) groups is 1. The third-order valence-electron chi connectivity index (χ3n) is 2.05. The van der Waals surface area contributed by atoms with Gasteiger partial charge in [-0.15, -0.1) is 0 Å². The zero-order valence-corrected chi connectivity index (χ0v) is 10.7. The quantitative estimate of drug-likeness (QED) is 0.623. The molecular weight excluding hydrogens is 240 g/mol. The SMILES string of the molecule is COc1cc(CSCC(C)N)cc([N+](=O)[O-])c1. The van der Waals surface area contributed by atoms with Gasteiger partial charge in [-0.05, 0) is 18.6 Å². The molecule has 0 bridgehead atoms. The zero-order valence-electron chi connectivity index (χ0n) is 9.88. The molecule has 0 saturated carbocycles. The second-order valence-electron chi connectivity index (χ2n) is 3.79. The number of hydrogen-bond acceptors (Lipinski definition) is 5. The van der Waals surface area contributed by atoms with Crippen LogP contribution in [-0.4, -0.2) is 23.8 Å². The van der Waals surface area contributed by atoms with Crippen LogP contribution < -0.4 is 10.5 Å². The fourth-order valence-corrected chi connectivity index (χ4v) is 2.20. The van der Waals surface area contributed by atoms with Crippen LogP contribution in [0.5, 0.6) is 5.75 Å². The molecule has 0 aromatic heterocycles. The summed E-state index contributed by atoms with van der Waals surface area (Å²) in [6, 6.07) is 4.91. The van der Waals surface area contributed by atoms with Crippen molar-refractivity contribution in [1.82, 2.24) is 0 Å². The Kier molecular flexibility index (Phi) is 5.24. The van der Waals surface area contributed by atoms with Gasteiger partial charge in [0.25, 0.3) is 5.69 Å². The zero-order chi connectivity index (χ0) is 12.8. The van der Waals surface area contributed by atoms with E-state index in [1.54, 1.807) is 23.9 Å². The molecule has 1 aromatic rings. The summed E-state index contributed by atoms with van der Waals surface area (Å²) in [4.78, 5) is 10.3. The number of nitro groups is 1. The fourth-order valence-electron chi connectivity index (χ4n) is 1.31. The first kappa shape index (κ1) is 13.8. The van der Waals surface area contributed by atoms with Crippen molar-refractivity contribution >= 4 is 17.4 Å². The summed E-state index contributed by atoms with van der Waals surface area (Å²) < 4.78 is 5.03. The monoisotopic (exact) mass is 256 g/mol. The second-order valence-corrected chi connectivity index (χ2v) is 4.82. The molecule has 0 saturated heterocycles. The van der Waals surface area contributed by atoms with E-state index in [-0.39, 0.29) is 11.7 Å². The van der Waals surface area contributed by atoms with Crippen LogP contribution >= 0.6 is 11.8 Å². The van der Waals surface area contributed by atoms with E-state index in [0.717, 1.165) is 11.3 Å². The summed E-state index contributed by atoms with van der Waals surface area (Å²) in [6.45, 7) is 1.93. The van der Waals surface area contributed by atoms with Gasteiger partial charge >= 0.3 is 0 Å². The summed E-state index contributed by atoms with van der Waals surface area (Å²) in [5, 5.41) is 10.7. The van der Waals surface area contributed by atoms with E-state index in [4.69, 9.17) is 10.5 Å². The molecule has 0 aliphatic carbocycles. The van der Waals surface area contributed by atoms with Crippen LogP contribution in [0.4, 0.5) is 5.69 Å². The van der Waals surface area contributed by atoms with Crippen LogP contribution in [0.2, 0.25) is 0 Å². The van der Waals surface area contributed by atoms with Crippen molar-refractivity contribution in [1.29, 1.82) is 0 Å². The minimum Gasteiger partial charge on any atom is -0.496 e. The Morgan fingerprint density at radius 3 is 2.76 bits per heavy atom. The van der Waals surface area contributed by atoms with Crippen LogP contribution in [0.15, 0.2) is 18.2 Å². The predicted molar refractivity (Wildman–Crippen MR) is 69.5 cm³/mol. The van der Waals surface area contributed by atoms with Crippen LogP contribution in [0.3, 0.4) is 0 Å². The first-order valence-electron chi connectivity index (χ1n) is 5.18. The third-order valence-corrected chi connectivity index (χ3v) is 3.35. The van der Waals surface area contributed by atoms with Gasteiger partial charge in [-0.3, -0.25) is 10.1 Å². The number of methoxy groups -OCH3 is 1. The number of rotatable bonds is 6. The second kappa shape index (κ2) is 6.46. The molecule has 0 spiro atoms. The largest absolute Gasteiger partial charge is 0.496 e. The highest BCUT2D eigenvalue weighted by atomic mass is 32.2. The normalized spacial score (nSPS) is 12.2. The third kappa shape index (κ3) is 4.62. The Morgan fingerprint density at radius 1 is 1.53 bits per heavy atom. The Balaban J connectivity index is 2.76. The summed E-state index contributed by atoms with van der Waals surface area (Å²) >= 11 is 1.65. The molecule has 0 aliphatic heterocycles. The molecule has 17 heavy (non-hydrogen) atoms. The van der Waals surface area contributed by atoms with Crippen molar-refractivity contribution in [2.45, 2.75) is 18.7 Å². The molecule has 6 heteroatoms. The molecule has 0 fully saturated rings. The molecule has 2 N–H and O–H groups in total. The highest BCUT2D eigenvalue weighted by Gasteiger charge is 2.10. The molecule has 0 amide bonds. The van der Waals surface area contributed by atoms with E-state index in [0.29, 0.717) is 11.5 Å². The van der Waals surface area contributed by atoms with E-state index >= 15 is 0 Å². The number of ether oxygens (including phenoxy) is 1. The van der Waals surface area contributed by atoms with E-state index < -0.39 is 4.92 Å². The van der Waals surface area contributed by atoms with Gasteiger partial charge in [-0.2, -0.15) is 11.8 Å². The Labute approximate surface area is 104 Å². The fraction of sp³-hybridized carbons (Fsp3) is 0.455. The van der Waals surface area contributed by atoms with E-state index in [1.807, 2.05) is 6.92 Å². The van der Waals surface area contributed by atoms with E-state index in [2.05, 4.69) is 0 Å². The number of benzene rings is 1. The van der Waals surface area contributed by atoms with Crippen LogP contribution in [-0.2, 0) is 5.75 Å². The van der Waals surface area contributed by atoms with Gasteiger partial charge in [0.1, 0.15) is 5.75 Å². The van der Waals surface area contributed by atoms with Gasteiger partial charge in [0, 0.05) is 23.6 Å². The average Bonchev–Trinajstić information content (AvgIpc) is 2.28. The molecule has 0 radical (unpaired) electrons. The minimum atomic E-state index is -0.414. The molecule has 1 atom stereocenters. The molecule has 1 rings (SSSR count). The van der Waals surface area contributed by atoms with Gasteiger partial charge in [-0.1, -0.05) is 0 Å². The lowest BCUT2D eigenvalue weighted by Crippen LogP contribution is -2.17. The number of hydrogen-bond donors (Lipinski definition) is 1. The standard InChI is InChI=1S/C11H16N2O3S/c1-8(12)6-17-7-9-3-10(13(14)15)5-11(4-9)16-2/h3-5,8H,6-7,12H2,1-2H3. The van der Waals surface area contributed by atoms with Gasteiger partial charge in [0.15, 0.2) is 0 Å². The lowest BCUT2D eigenvalue weighted by Gasteiger charge is -2.06. The highest BCUT2D eigenvalue weighted by molar-refractivity contribution is 7.98. The summed E-state index contributed by atoms with van der Waals surface area (Å²) in [7, 11) is 1.50. The van der Waals surface area contributed by atoms with Gasteiger partial charge < -0.3 is 10.5 Å². The Bertz CT molecular complexity index is 396. The van der Waals surface area contributed by atoms with Crippen molar-refractivity contribution < 1.29 is 9.66 Å². The van der Waals surface area contributed by atoms with Crippen LogP contribution in [0, 0.1) is 10.1 Å². The molecule has 5 nitrogen and oxygen atoms in total. The molecule has 94 valence electrons. The molecular formula is C11H16N2O3S. The summed E-state index contributed by atoms with van der Waals surface area (Å²) in [5.74, 6) is 2.03. The Hall–Kier alpha value is -1.27. The van der Waals surface area contributed by atoms with Gasteiger partial charge in [-0.25, -0.2) is 0 Å². The topological polar surface area (TPSA) is 78.4 Å². The maximum absolute atomic E-state index is 10.7. The predicted octanol–water partition coefficient (Wildman–Crippen LogP) is 2.18. The summed E-state index contributed by atoms with van der Waals surface area (Å²) in [5.41, 5.74) is 6.57. The van der Waals surface area contributed by atoms with Crippen LogP contribution in [0.25, 0.3) is 0 Å². The van der Waals surface area contributed by atoms with Gasteiger partial charge in [0.05, 0.1) is 18.1 Å². The van der Waals surface area contributed by atoms with Gasteiger partial charge in [0.2, 0.25) is 0 Å².